The average molecular weight is 242 g/mol. The molecule has 0 amide bonds. The van der Waals surface area contributed by atoms with Crippen LogP contribution in [0, 0.1) is 6.92 Å². The lowest BCUT2D eigenvalue weighted by molar-refractivity contribution is 0.838. The first-order valence-corrected chi connectivity index (χ1v) is 6.20. The molecule has 2 aromatic heterocycles. The molecule has 18 heavy (non-hydrogen) atoms. The van der Waals surface area contributed by atoms with Gasteiger partial charge in [-0.3, -0.25) is 4.98 Å². The van der Waals surface area contributed by atoms with Crippen molar-refractivity contribution in [3.8, 4) is 11.3 Å². The molecule has 4 heteroatoms. The van der Waals surface area contributed by atoms with Crippen LogP contribution in [0.4, 0.5) is 5.82 Å². The van der Waals surface area contributed by atoms with Crippen LogP contribution in [-0.2, 0) is 6.42 Å². The van der Waals surface area contributed by atoms with Gasteiger partial charge in [-0.05, 0) is 25.0 Å². The average Bonchev–Trinajstić information content (AvgIpc) is 2.39. The lowest BCUT2D eigenvalue weighted by atomic mass is 10.1. The zero-order valence-corrected chi connectivity index (χ0v) is 11.1. The Morgan fingerprint density at radius 1 is 1.17 bits per heavy atom. The second-order valence-corrected chi connectivity index (χ2v) is 4.31. The van der Waals surface area contributed by atoms with Gasteiger partial charge in [-0.2, -0.15) is 0 Å². The number of aryl methyl sites for hydroxylation is 2. The molecule has 0 radical (unpaired) electrons. The number of rotatable bonds is 4. The summed E-state index contributed by atoms with van der Waals surface area (Å²) in [6.07, 6.45) is 5.61. The Morgan fingerprint density at radius 3 is 2.67 bits per heavy atom. The van der Waals surface area contributed by atoms with E-state index < -0.39 is 0 Å². The van der Waals surface area contributed by atoms with E-state index in [1.807, 2.05) is 32.4 Å². The molecule has 0 aliphatic heterocycles. The summed E-state index contributed by atoms with van der Waals surface area (Å²) in [7, 11) is 1.87. The molecular weight excluding hydrogens is 224 g/mol. The number of hydrogen-bond donors (Lipinski definition) is 1. The molecule has 4 nitrogen and oxygen atoms in total. The van der Waals surface area contributed by atoms with Gasteiger partial charge in [0.2, 0.25) is 0 Å². The van der Waals surface area contributed by atoms with Crippen LogP contribution in [-0.4, -0.2) is 22.0 Å². The Kier molecular flexibility index (Phi) is 3.87. The molecule has 0 bridgehead atoms. The third-order valence-electron chi connectivity index (χ3n) is 2.67. The molecule has 0 aromatic carbocycles. The standard InChI is InChI=1S/C14H18N4/c1-4-5-13-17-12(7-14(15-3)18-13)11-6-10(2)8-16-9-11/h6-9H,4-5H2,1-3H3,(H,15,17,18). The number of nitrogens with one attached hydrogen (secondary N) is 1. The number of pyridine rings is 1. The van der Waals surface area contributed by atoms with E-state index in [2.05, 4.69) is 33.3 Å². The Morgan fingerprint density at radius 2 is 2.00 bits per heavy atom. The van der Waals surface area contributed by atoms with Crippen LogP contribution in [0.3, 0.4) is 0 Å². The van der Waals surface area contributed by atoms with E-state index in [1.54, 1.807) is 0 Å². The van der Waals surface area contributed by atoms with E-state index in [0.717, 1.165) is 41.3 Å². The summed E-state index contributed by atoms with van der Waals surface area (Å²) in [5, 5.41) is 3.08. The summed E-state index contributed by atoms with van der Waals surface area (Å²) in [6, 6.07) is 4.04. The first-order valence-electron chi connectivity index (χ1n) is 6.20. The number of hydrogen-bond acceptors (Lipinski definition) is 4. The fourth-order valence-corrected chi connectivity index (χ4v) is 1.80. The van der Waals surface area contributed by atoms with Crippen molar-refractivity contribution in [3.63, 3.8) is 0 Å². The zero-order valence-electron chi connectivity index (χ0n) is 11.1. The molecule has 0 aliphatic rings. The fraction of sp³-hybridized carbons (Fsp3) is 0.357. The van der Waals surface area contributed by atoms with Gasteiger partial charge < -0.3 is 5.32 Å². The highest BCUT2D eigenvalue weighted by Gasteiger charge is 2.06. The Bertz CT molecular complexity index is 537. The Balaban J connectivity index is 2.46. The molecule has 2 heterocycles. The van der Waals surface area contributed by atoms with Crippen LogP contribution >= 0.6 is 0 Å². The summed E-state index contributed by atoms with van der Waals surface area (Å²) in [5.41, 5.74) is 3.09. The van der Waals surface area contributed by atoms with Crippen molar-refractivity contribution >= 4 is 5.82 Å². The van der Waals surface area contributed by atoms with Gasteiger partial charge in [0.05, 0.1) is 5.69 Å². The van der Waals surface area contributed by atoms with Crippen LogP contribution in [0.2, 0.25) is 0 Å². The summed E-state index contributed by atoms with van der Waals surface area (Å²) in [5.74, 6) is 1.73. The van der Waals surface area contributed by atoms with Gasteiger partial charge >= 0.3 is 0 Å². The number of anilines is 1. The predicted molar refractivity (Wildman–Crippen MR) is 73.5 cm³/mol. The molecule has 94 valence electrons. The predicted octanol–water partition coefficient (Wildman–Crippen LogP) is 2.84. The van der Waals surface area contributed by atoms with E-state index in [9.17, 15) is 0 Å². The topological polar surface area (TPSA) is 50.7 Å². The minimum atomic E-state index is 0.852. The summed E-state index contributed by atoms with van der Waals surface area (Å²) >= 11 is 0. The second-order valence-electron chi connectivity index (χ2n) is 4.31. The highest BCUT2D eigenvalue weighted by atomic mass is 15.0. The van der Waals surface area contributed by atoms with Crippen LogP contribution in [0.25, 0.3) is 11.3 Å². The van der Waals surface area contributed by atoms with Crippen molar-refractivity contribution in [2.24, 2.45) is 0 Å². The summed E-state index contributed by atoms with van der Waals surface area (Å²) < 4.78 is 0. The molecule has 0 fully saturated rings. The maximum absolute atomic E-state index is 4.59. The minimum Gasteiger partial charge on any atom is -0.373 e. The molecular formula is C14H18N4. The van der Waals surface area contributed by atoms with Gasteiger partial charge in [-0.15, -0.1) is 0 Å². The Labute approximate surface area is 108 Å². The van der Waals surface area contributed by atoms with Crippen molar-refractivity contribution < 1.29 is 0 Å². The van der Waals surface area contributed by atoms with Crippen LogP contribution in [0.15, 0.2) is 24.5 Å². The third kappa shape index (κ3) is 2.83. The molecule has 0 saturated carbocycles. The first-order chi connectivity index (χ1) is 8.72. The van der Waals surface area contributed by atoms with Gasteiger partial charge in [0.25, 0.3) is 0 Å². The number of nitrogens with zero attached hydrogens (tertiary/aromatic N) is 3. The second kappa shape index (κ2) is 5.58. The molecule has 2 rings (SSSR count). The largest absolute Gasteiger partial charge is 0.373 e. The molecule has 1 N–H and O–H groups in total. The molecule has 2 aromatic rings. The Hall–Kier alpha value is -1.97. The smallest absolute Gasteiger partial charge is 0.131 e. The molecule has 0 aliphatic carbocycles. The first kappa shape index (κ1) is 12.5. The van der Waals surface area contributed by atoms with Crippen molar-refractivity contribution in [1.82, 2.24) is 15.0 Å². The highest BCUT2D eigenvalue weighted by molar-refractivity contribution is 5.62. The molecule has 0 spiro atoms. The van der Waals surface area contributed by atoms with Gasteiger partial charge in [0, 0.05) is 37.5 Å². The minimum absolute atomic E-state index is 0.852. The van der Waals surface area contributed by atoms with Crippen molar-refractivity contribution in [2.75, 3.05) is 12.4 Å². The van der Waals surface area contributed by atoms with Gasteiger partial charge in [-0.25, -0.2) is 9.97 Å². The van der Waals surface area contributed by atoms with Gasteiger partial charge in [0.1, 0.15) is 11.6 Å². The zero-order chi connectivity index (χ0) is 13.0. The van der Waals surface area contributed by atoms with E-state index in [4.69, 9.17) is 0 Å². The lowest BCUT2D eigenvalue weighted by Gasteiger charge is -2.07. The van der Waals surface area contributed by atoms with Crippen LogP contribution < -0.4 is 5.32 Å². The number of aromatic nitrogens is 3. The van der Waals surface area contributed by atoms with Crippen molar-refractivity contribution in [1.29, 1.82) is 0 Å². The van der Waals surface area contributed by atoms with Crippen LogP contribution in [0.1, 0.15) is 24.7 Å². The molecule has 0 atom stereocenters. The molecule has 0 saturated heterocycles. The monoisotopic (exact) mass is 242 g/mol. The van der Waals surface area contributed by atoms with Gasteiger partial charge in [-0.1, -0.05) is 6.92 Å². The summed E-state index contributed by atoms with van der Waals surface area (Å²) in [6.45, 7) is 4.16. The van der Waals surface area contributed by atoms with E-state index in [1.165, 1.54) is 0 Å². The maximum atomic E-state index is 4.59. The highest BCUT2D eigenvalue weighted by Crippen LogP contribution is 2.20. The lowest BCUT2D eigenvalue weighted by Crippen LogP contribution is -2.01. The van der Waals surface area contributed by atoms with E-state index >= 15 is 0 Å². The maximum Gasteiger partial charge on any atom is 0.131 e. The van der Waals surface area contributed by atoms with Crippen molar-refractivity contribution in [3.05, 3.63) is 35.9 Å². The SMILES string of the molecule is CCCc1nc(NC)cc(-c2cncc(C)c2)n1. The quantitative estimate of drug-likeness (QED) is 0.895. The molecule has 0 unspecified atom stereocenters. The fourth-order valence-electron chi connectivity index (χ4n) is 1.80. The van der Waals surface area contributed by atoms with Crippen LogP contribution in [0.5, 0.6) is 0 Å². The third-order valence-corrected chi connectivity index (χ3v) is 2.67. The van der Waals surface area contributed by atoms with E-state index in [-0.39, 0.29) is 0 Å². The van der Waals surface area contributed by atoms with E-state index in [0.29, 0.717) is 0 Å². The van der Waals surface area contributed by atoms with Crippen molar-refractivity contribution in [2.45, 2.75) is 26.7 Å². The van der Waals surface area contributed by atoms with Gasteiger partial charge in [0.15, 0.2) is 0 Å². The normalized spacial score (nSPS) is 10.4. The summed E-state index contributed by atoms with van der Waals surface area (Å²) in [4.78, 5) is 13.2.